The van der Waals surface area contributed by atoms with E-state index in [1.807, 2.05) is 4.72 Å². The number of primary sulfonamides is 1. The van der Waals surface area contributed by atoms with Crippen LogP contribution in [0.1, 0.15) is 17.3 Å². The molecule has 0 spiro atoms. The van der Waals surface area contributed by atoms with Gasteiger partial charge in [-0.15, -0.1) is 0 Å². The molecule has 3 rings (SSSR count). The lowest BCUT2D eigenvalue weighted by atomic mass is 10.1. The Bertz CT molecular complexity index is 1200. The minimum absolute atomic E-state index is 0.142. The van der Waals surface area contributed by atoms with Crippen LogP contribution in [-0.4, -0.2) is 23.4 Å². The molecule has 1 aliphatic heterocycles. The average molecular weight is 473 g/mol. The molecule has 0 amide bonds. The van der Waals surface area contributed by atoms with E-state index >= 15 is 0 Å². The molecular formula is C15H12F5N3O5S2. The Kier molecular flexibility index (Phi) is 5.43. The monoisotopic (exact) mass is 473 g/mol. The fourth-order valence-electron chi connectivity index (χ4n) is 2.82. The summed E-state index contributed by atoms with van der Waals surface area (Å²) in [4.78, 5) is -2.25. The van der Waals surface area contributed by atoms with Crippen molar-refractivity contribution in [3.63, 3.8) is 0 Å². The van der Waals surface area contributed by atoms with Gasteiger partial charge in [-0.3, -0.25) is 0 Å². The van der Waals surface area contributed by atoms with Gasteiger partial charge in [-0.25, -0.2) is 22.0 Å². The van der Waals surface area contributed by atoms with Crippen LogP contribution >= 0.6 is 0 Å². The first-order valence-corrected chi connectivity index (χ1v) is 10.8. The predicted molar refractivity (Wildman–Crippen MR) is 92.6 cm³/mol. The molecule has 0 aliphatic carbocycles. The summed E-state index contributed by atoms with van der Waals surface area (Å²) in [6.45, 7) is -3.24. The lowest BCUT2D eigenvalue weighted by Gasteiger charge is -2.30. The van der Waals surface area contributed by atoms with Crippen molar-refractivity contribution in [1.82, 2.24) is 4.72 Å². The second-order valence-corrected chi connectivity index (χ2v) is 9.21. The van der Waals surface area contributed by atoms with Crippen LogP contribution in [0.2, 0.25) is 0 Å². The molecular weight excluding hydrogens is 461 g/mol. The van der Waals surface area contributed by atoms with Crippen molar-refractivity contribution in [2.24, 2.45) is 5.14 Å². The highest BCUT2D eigenvalue weighted by molar-refractivity contribution is 7.90. The number of benzene rings is 2. The second-order valence-electron chi connectivity index (χ2n) is 6.00. The summed E-state index contributed by atoms with van der Waals surface area (Å²) in [6.07, 6.45) is -6.67. The zero-order valence-corrected chi connectivity index (χ0v) is 16.1. The second kappa shape index (κ2) is 7.33. The molecule has 1 aliphatic rings. The zero-order chi connectivity index (χ0) is 22.5. The van der Waals surface area contributed by atoms with Crippen LogP contribution in [0, 0.1) is 0 Å². The molecule has 2 aromatic carbocycles. The summed E-state index contributed by atoms with van der Waals surface area (Å²) in [5, 5.41) is 7.23. The van der Waals surface area contributed by atoms with E-state index in [0.29, 0.717) is 0 Å². The molecule has 0 saturated heterocycles. The number of halogens is 5. The topological polar surface area (TPSA) is 128 Å². The largest absolute Gasteiger partial charge is 0.434 e. The molecule has 2 aromatic rings. The number of anilines is 1. The van der Waals surface area contributed by atoms with E-state index in [0.717, 1.165) is 6.07 Å². The van der Waals surface area contributed by atoms with Crippen molar-refractivity contribution in [3.05, 3.63) is 47.5 Å². The van der Waals surface area contributed by atoms with E-state index in [1.165, 1.54) is 18.2 Å². The van der Waals surface area contributed by atoms with Gasteiger partial charge in [-0.05, 0) is 18.2 Å². The standard InChI is InChI=1S/C15H12F5N3O5S2/c16-14(17)28-10-4-2-1-3-7(10)13-22-9-5-8(15(18,19)20)11(29(21,24)25)6-12(9)30(26,27)23-13/h1-6,13-14,22-23H,(H2,21,24,25)/t13-/m1/s1. The van der Waals surface area contributed by atoms with E-state index < -0.39 is 65.8 Å². The van der Waals surface area contributed by atoms with Crippen molar-refractivity contribution >= 4 is 25.7 Å². The van der Waals surface area contributed by atoms with Crippen LogP contribution in [-0.2, 0) is 26.2 Å². The van der Waals surface area contributed by atoms with Crippen LogP contribution in [0.4, 0.5) is 27.6 Å². The molecule has 8 nitrogen and oxygen atoms in total. The molecule has 164 valence electrons. The molecule has 0 fully saturated rings. The first-order valence-electron chi connectivity index (χ1n) is 7.81. The highest BCUT2D eigenvalue weighted by Gasteiger charge is 2.41. The number of hydrogen-bond acceptors (Lipinski definition) is 6. The van der Waals surface area contributed by atoms with E-state index in [9.17, 15) is 38.8 Å². The maximum atomic E-state index is 13.4. The van der Waals surface area contributed by atoms with Gasteiger partial charge in [0.2, 0.25) is 20.0 Å². The molecule has 0 bridgehead atoms. The van der Waals surface area contributed by atoms with Crippen LogP contribution in [0.5, 0.6) is 5.75 Å². The summed E-state index contributed by atoms with van der Waals surface area (Å²) >= 11 is 0. The van der Waals surface area contributed by atoms with Gasteiger partial charge in [0.15, 0.2) is 0 Å². The molecule has 30 heavy (non-hydrogen) atoms. The summed E-state index contributed by atoms with van der Waals surface area (Å²) in [5.41, 5.74) is -2.44. The molecule has 4 N–H and O–H groups in total. The molecule has 1 atom stereocenters. The molecule has 0 saturated carbocycles. The number of sulfonamides is 2. The van der Waals surface area contributed by atoms with E-state index in [4.69, 9.17) is 5.14 Å². The number of nitrogens with one attached hydrogen (secondary N) is 2. The molecule has 1 heterocycles. The van der Waals surface area contributed by atoms with Crippen molar-refractivity contribution in [1.29, 1.82) is 0 Å². The number of alkyl halides is 5. The van der Waals surface area contributed by atoms with E-state index in [-0.39, 0.29) is 17.7 Å². The molecule has 0 radical (unpaired) electrons. The van der Waals surface area contributed by atoms with Crippen molar-refractivity contribution in [3.8, 4) is 5.75 Å². The van der Waals surface area contributed by atoms with Crippen LogP contribution in [0.15, 0.2) is 46.2 Å². The fraction of sp³-hybridized carbons (Fsp3) is 0.200. The van der Waals surface area contributed by atoms with Crippen molar-refractivity contribution in [2.75, 3.05) is 5.32 Å². The van der Waals surface area contributed by atoms with Crippen LogP contribution in [0.25, 0.3) is 0 Å². The third-order valence-electron chi connectivity index (χ3n) is 4.00. The Balaban J connectivity index is 2.19. The first-order chi connectivity index (χ1) is 13.7. The third kappa shape index (κ3) is 4.33. The van der Waals surface area contributed by atoms with Gasteiger partial charge in [0.25, 0.3) is 0 Å². The predicted octanol–water partition coefficient (Wildman–Crippen LogP) is 2.36. The van der Waals surface area contributed by atoms with Gasteiger partial charge in [0, 0.05) is 5.56 Å². The lowest BCUT2D eigenvalue weighted by molar-refractivity contribution is -0.139. The lowest BCUT2D eigenvalue weighted by Crippen LogP contribution is -2.39. The summed E-state index contributed by atoms with van der Waals surface area (Å²) in [6, 6.07) is 5.57. The Morgan fingerprint density at radius 3 is 2.33 bits per heavy atom. The zero-order valence-electron chi connectivity index (χ0n) is 14.4. The minimum Gasteiger partial charge on any atom is -0.434 e. The Labute approximate surface area is 166 Å². The van der Waals surface area contributed by atoms with Gasteiger partial charge < -0.3 is 10.1 Å². The highest BCUT2D eigenvalue weighted by atomic mass is 32.2. The Hall–Kier alpha value is -2.49. The summed E-state index contributed by atoms with van der Waals surface area (Å²) in [5.74, 6) is -0.423. The number of hydrogen-bond donors (Lipinski definition) is 3. The smallest absolute Gasteiger partial charge is 0.417 e. The number of fused-ring (bicyclic) bond motifs is 1. The van der Waals surface area contributed by atoms with Crippen LogP contribution in [0.3, 0.4) is 0 Å². The van der Waals surface area contributed by atoms with Crippen molar-refractivity contribution in [2.45, 2.75) is 28.7 Å². The molecule has 0 aromatic heterocycles. The van der Waals surface area contributed by atoms with Crippen LogP contribution < -0.4 is 19.9 Å². The van der Waals surface area contributed by atoms with E-state index in [1.54, 1.807) is 0 Å². The average Bonchev–Trinajstić information content (AvgIpc) is 2.58. The molecule has 0 unspecified atom stereocenters. The van der Waals surface area contributed by atoms with Gasteiger partial charge in [-0.2, -0.15) is 26.7 Å². The first kappa shape index (κ1) is 22.2. The van der Waals surface area contributed by atoms with Gasteiger partial charge in [0.1, 0.15) is 16.8 Å². The number of rotatable bonds is 4. The Morgan fingerprint density at radius 2 is 1.77 bits per heavy atom. The fourth-order valence-corrected chi connectivity index (χ4v) is 4.96. The quantitative estimate of drug-likeness (QED) is 0.585. The highest BCUT2D eigenvalue weighted by Crippen LogP contribution is 2.41. The van der Waals surface area contributed by atoms with Gasteiger partial charge >= 0.3 is 12.8 Å². The minimum atomic E-state index is -5.18. The molecule has 15 heteroatoms. The SMILES string of the molecule is NS(=O)(=O)c1cc2c(cc1C(F)(F)F)N[C@@H](c1ccccc1OC(F)F)NS2(=O)=O. The Morgan fingerprint density at radius 1 is 1.13 bits per heavy atom. The summed E-state index contributed by atoms with van der Waals surface area (Å²) in [7, 11) is -9.50. The number of para-hydroxylation sites is 1. The number of nitrogens with two attached hydrogens (primary N) is 1. The number of ether oxygens (including phenoxy) is 1. The van der Waals surface area contributed by atoms with Gasteiger partial charge in [-0.1, -0.05) is 18.2 Å². The van der Waals surface area contributed by atoms with Crippen molar-refractivity contribution < 1.29 is 43.5 Å². The van der Waals surface area contributed by atoms with E-state index in [2.05, 4.69) is 10.1 Å². The maximum absolute atomic E-state index is 13.4. The summed E-state index contributed by atoms with van der Waals surface area (Å²) < 4.78 is 120. The third-order valence-corrected chi connectivity index (χ3v) is 6.42. The van der Waals surface area contributed by atoms with Gasteiger partial charge in [0.05, 0.1) is 16.1 Å². The normalized spacial score (nSPS) is 18.6. The maximum Gasteiger partial charge on any atom is 0.417 e.